The van der Waals surface area contributed by atoms with Crippen molar-refractivity contribution in [2.45, 2.75) is 39.0 Å². The molecule has 0 spiro atoms. The summed E-state index contributed by atoms with van der Waals surface area (Å²) in [6.45, 7) is 4.47. The maximum Gasteiger partial charge on any atom is 0.203 e. The fraction of sp³-hybridized carbons (Fsp3) is 0.423. The van der Waals surface area contributed by atoms with E-state index < -0.39 is 0 Å². The summed E-state index contributed by atoms with van der Waals surface area (Å²) in [7, 11) is 6.44. The zero-order valence-electron chi connectivity index (χ0n) is 19.3. The van der Waals surface area contributed by atoms with Gasteiger partial charge < -0.3 is 18.9 Å². The molecule has 2 aromatic carbocycles. The highest BCUT2D eigenvalue weighted by molar-refractivity contribution is 5.90. The molecule has 2 atom stereocenters. The van der Waals surface area contributed by atoms with Crippen molar-refractivity contribution in [2.24, 2.45) is 5.92 Å². The predicted molar refractivity (Wildman–Crippen MR) is 123 cm³/mol. The Bertz CT molecular complexity index is 951. The number of aldehydes is 1. The molecule has 0 saturated heterocycles. The highest BCUT2D eigenvalue weighted by Gasteiger charge is 2.25. The van der Waals surface area contributed by atoms with Gasteiger partial charge in [0.25, 0.3) is 0 Å². The third-order valence-corrected chi connectivity index (χ3v) is 6.11. The van der Waals surface area contributed by atoms with E-state index in [9.17, 15) is 4.79 Å². The molecule has 2 aromatic rings. The van der Waals surface area contributed by atoms with E-state index in [1.165, 1.54) is 0 Å². The van der Waals surface area contributed by atoms with Crippen LogP contribution in [0.1, 0.15) is 66.1 Å². The van der Waals surface area contributed by atoms with Crippen molar-refractivity contribution < 1.29 is 23.7 Å². The minimum absolute atomic E-state index is 0.212. The van der Waals surface area contributed by atoms with Crippen LogP contribution in [0.3, 0.4) is 0 Å². The van der Waals surface area contributed by atoms with Gasteiger partial charge in [-0.1, -0.05) is 26.0 Å². The topological polar surface area (TPSA) is 54.0 Å². The van der Waals surface area contributed by atoms with Crippen LogP contribution in [0.4, 0.5) is 0 Å². The Morgan fingerprint density at radius 1 is 0.903 bits per heavy atom. The van der Waals surface area contributed by atoms with Crippen molar-refractivity contribution in [1.82, 2.24) is 0 Å². The van der Waals surface area contributed by atoms with Crippen LogP contribution in [0.5, 0.6) is 23.0 Å². The first kappa shape index (κ1) is 22.7. The van der Waals surface area contributed by atoms with Gasteiger partial charge in [-0.2, -0.15) is 0 Å². The summed E-state index contributed by atoms with van der Waals surface area (Å²) in [5.41, 5.74) is 4.71. The lowest BCUT2D eigenvalue weighted by molar-refractivity contribution is 0.111. The molecule has 0 radical (unpaired) electrons. The summed E-state index contributed by atoms with van der Waals surface area (Å²) in [4.78, 5) is 12.1. The van der Waals surface area contributed by atoms with Gasteiger partial charge in [0.05, 0.1) is 34.0 Å². The molecule has 3 rings (SSSR count). The van der Waals surface area contributed by atoms with Gasteiger partial charge >= 0.3 is 0 Å². The summed E-state index contributed by atoms with van der Waals surface area (Å²) in [5.74, 6) is 3.13. The zero-order valence-corrected chi connectivity index (χ0v) is 19.3. The van der Waals surface area contributed by atoms with Crippen LogP contribution in [-0.4, -0.2) is 34.7 Å². The van der Waals surface area contributed by atoms with E-state index in [-0.39, 0.29) is 5.92 Å². The van der Waals surface area contributed by atoms with Crippen molar-refractivity contribution >= 4 is 11.9 Å². The standard InChI is InChI=1S/C26H32O5/c1-16-8-7-9-19(18-13-23(29-4)26(31-6)24(14-18)30-5)20-10-11-22(28-3)21(15-27)25(20)17(2)12-16/h9-11,13-17H,7-8,12H2,1-6H3. The average Bonchev–Trinajstić information content (AvgIpc) is 2.85. The van der Waals surface area contributed by atoms with E-state index in [4.69, 9.17) is 18.9 Å². The maximum atomic E-state index is 12.1. The second-order valence-electron chi connectivity index (χ2n) is 8.11. The second-order valence-corrected chi connectivity index (χ2v) is 8.11. The van der Waals surface area contributed by atoms with Crippen molar-refractivity contribution in [3.63, 3.8) is 0 Å². The number of rotatable bonds is 6. The summed E-state index contributed by atoms with van der Waals surface area (Å²) in [6, 6.07) is 7.87. The van der Waals surface area contributed by atoms with E-state index in [0.717, 1.165) is 47.8 Å². The van der Waals surface area contributed by atoms with Crippen LogP contribution in [0, 0.1) is 5.92 Å². The summed E-state index contributed by atoms with van der Waals surface area (Å²) < 4.78 is 22.2. The number of methoxy groups -OCH3 is 4. The normalized spacial score (nSPS) is 18.6. The molecule has 1 aliphatic carbocycles. The lowest BCUT2D eigenvalue weighted by Gasteiger charge is -2.23. The van der Waals surface area contributed by atoms with Crippen molar-refractivity contribution in [3.05, 3.63) is 52.6 Å². The fourth-order valence-electron chi connectivity index (χ4n) is 4.65. The van der Waals surface area contributed by atoms with Crippen LogP contribution in [0.2, 0.25) is 0 Å². The SMILES string of the molecule is COc1ccc2c(c1C=O)C(C)CC(C)CCC=C2c1cc(OC)c(OC)c(OC)c1. The molecule has 0 heterocycles. The highest BCUT2D eigenvalue weighted by atomic mass is 16.5. The molecule has 0 fully saturated rings. The molecule has 0 N–H and O–H groups in total. The van der Waals surface area contributed by atoms with Gasteiger partial charge in [-0.05, 0) is 71.6 Å². The molecule has 5 heteroatoms. The predicted octanol–water partition coefficient (Wildman–Crippen LogP) is 5.89. The number of carbonyl (C=O) groups is 1. The second kappa shape index (κ2) is 9.90. The van der Waals surface area contributed by atoms with Gasteiger partial charge in [0, 0.05) is 0 Å². The Labute approximate surface area is 185 Å². The Morgan fingerprint density at radius 2 is 1.55 bits per heavy atom. The van der Waals surface area contributed by atoms with Gasteiger partial charge in [-0.3, -0.25) is 4.79 Å². The smallest absolute Gasteiger partial charge is 0.203 e. The molecule has 1 aliphatic rings. The number of ether oxygens (including phenoxy) is 4. The third kappa shape index (κ3) is 4.41. The molecule has 0 saturated carbocycles. The van der Waals surface area contributed by atoms with Crippen LogP contribution in [0.15, 0.2) is 30.3 Å². The van der Waals surface area contributed by atoms with Crippen LogP contribution in [0.25, 0.3) is 5.57 Å². The van der Waals surface area contributed by atoms with Crippen LogP contribution >= 0.6 is 0 Å². The first-order valence-corrected chi connectivity index (χ1v) is 10.7. The highest BCUT2D eigenvalue weighted by Crippen LogP contribution is 2.44. The quantitative estimate of drug-likeness (QED) is 0.541. The zero-order chi connectivity index (χ0) is 22.5. The minimum Gasteiger partial charge on any atom is -0.496 e. The molecule has 0 aromatic heterocycles. The van der Waals surface area contributed by atoms with Crippen molar-refractivity contribution in [2.75, 3.05) is 28.4 Å². The van der Waals surface area contributed by atoms with Crippen LogP contribution < -0.4 is 18.9 Å². The van der Waals surface area contributed by atoms with Crippen LogP contribution in [-0.2, 0) is 0 Å². The Kier molecular flexibility index (Phi) is 7.26. The molecular formula is C26H32O5. The monoisotopic (exact) mass is 424 g/mol. The number of allylic oxidation sites excluding steroid dienone is 1. The number of carbonyl (C=O) groups excluding carboxylic acids is 1. The Balaban J connectivity index is 2.32. The molecule has 0 amide bonds. The molecule has 5 nitrogen and oxygen atoms in total. The van der Waals surface area contributed by atoms with E-state index in [0.29, 0.717) is 34.5 Å². The Morgan fingerprint density at radius 3 is 2.10 bits per heavy atom. The van der Waals surface area contributed by atoms with E-state index in [1.54, 1.807) is 28.4 Å². The number of hydrogen-bond donors (Lipinski definition) is 0. The summed E-state index contributed by atoms with van der Waals surface area (Å²) >= 11 is 0. The molecule has 2 unspecified atom stereocenters. The average molecular weight is 425 g/mol. The molecule has 31 heavy (non-hydrogen) atoms. The van der Waals surface area contributed by atoms with Gasteiger partial charge in [-0.15, -0.1) is 0 Å². The fourth-order valence-corrected chi connectivity index (χ4v) is 4.65. The van der Waals surface area contributed by atoms with Gasteiger partial charge in [-0.25, -0.2) is 0 Å². The first-order valence-electron chi connectivity index (χ1n) is 10.7. The molecule has 166 valence electrons. The third-order valence-electron chi connectivity index (χ3n) is 6.11. The minimum atomic E-state index is 0.212. The molecule has 0 bridgehead atoms. The van der Waals surface area contributed by atoms with E-state index in [1.807, 2.05) is 18.2 Å². The summed E-state index contributed by atoms with van der Waals surface area (Å²) in [6.07, 6.45) is 6.22. The van der Waals surface area contributed by atoms with E-state index >= 15 is 0 Å². The van der Waals surface area contributed by atoms with Gasteiger partial charge in [0.1, 0.15) is 5.75 Å². The van der Waals surface area contributed by atoms with Crippen molar-refractivity contribution in [3.8, 4) is 23.0 Å². The maximum absolute atomic E-state index is 12.1. The summed E-state index contributed by atoms with van der Waals surface area (Å²) in [5, 5.41) is 0. The first-order chi connectivity index (χ1) is 15.0. The lowest BCUT2D eigenvalue weighted by atomic mass is 9.82. The molecular weight excluding hydrogens is 392 g/mol. The largest absolute Gasteiger partial charge is 0.496 e. The van der Waals surface area contributed by atoms with Gasteiger partial charge in [0.2, 0.25) is 5.75 Å². The van der Waals surface area contributed by atoms with E-state index in [2.05, 4.69) is 26.0 Å². The number of fused-ring (bicyclic) bond motifs is 1. The van der Waals surface area contributed by atoms with Crippen molar-refractivity contribution in [1.29, 1.82) is 0 Å². The Hall–Kier alpha value is -2.95. The van der Waals surface area contributed by atoms with Gasteiger partial charge in [0.15, 0.2) is 17.8 Å². The number of hydrogen-bond acceptors (Lipinski definition) is 5. The molecule has 0 aliphatic heterocycles. The number of benzene rings is 2. The lowest BCUT2D eigenvalue weighted by Crippen LogP contribution is -2.09.